The summed E-state index contributed by atoms with van der Waals surface area (Å²) in [6.07, 6.45) is 7.68. The molecule has 0 aromatic carbocycles. The second-order valence-corrected chi connectivity index (χ2v) is 10.3. The summed E-state index contributed by atoms with van der Waals surface area (Å²) in [6.45, 7) is 14.4. The molecule has 35 heavy (non-hydrogen) atoms. The van der Waals surface area contributed by atoms with Crippen molar-refractivity contribution in [2.24, 2.45) is 11.8 Å². The highest BCUT2D eigenvalue weighted by atomic mass is 16.6. The predicted molar refractivity (Wildman–Crippen MR) is 132 cm³/mol. The Kier molecular flexibility index (Phi) is 8.81. The number of hydrogen-bond acceptors (Lipinski definition) is 6. The van der Waals surface area contributed by atoms with Crippen molar-refractivity contribution in [3.63, 3.8) is 0 Å². The average molecular weight is 491 g/mol. The number of unbranched alkanes of at least 4 members (excludes halogenated alkanes) is 2. The van der Waals surface area contributed by atoms with Gasteiger partial charge in [0.1, 0.15) is 17.6 Å². The number of carbonyl (C=O) groups is 3. The van der Waals surface area contributed by atoms with Gasteiger partial charge in [0.15, 0.2) is 0 Å². The minimum absolute atomic E-state index is 0.0827. The van der Waals surface area contributed by atoms with E-state index in [0.717, 1.165) is 6.42 Å². The topological polar surface area (TPSA) is 96.4 Å². The lowest BCUT2D eigenvalue weighted by molar-refractivity contribution is -0.162. The van der Waals surface area contributed by atoms with Crippen LogP contribution >= 0.6 is 0 Å². The molecule has 2 unspecified atom stereocenters. The van der Waals surface area contributed by atoms with Crippen LogP contribution in [0.5, 0.6) is 0 Å². The zero-order chi connectivity index (χ0) is 25.8. The molecule has 0 aromatic heterocycles. The molecule has 3 aliphatic heterocycles. The van der Waals surface area contributed by atoms with E-state index < -0.39 is 35.0 Å². The normalized spacial score (nSPS) is 31.1. The van der Waals surface area contributed by atoms with Gasteiger partial charge in [-0.1, -0.05) is 19.1 Å². The lowest BCUT2D eigenvalue weighted by atomic mass is 9.65. The third-order valence-electron chi connectivity index (χ3n) is 8.02. The first-order valence-electron chi connectivity index (χ1n) is 13.0. The molecule has 3 rings (SSSR count). The summed E-state index contributed by atoms with van der Waals surface area (Å²) < 4.78 is 12.3. The highest BCUT2D eigenvalue weighted by molar-refractivity contribution is 5.98. The SMILES string of the molecule is C=CCCOC(=O)[C@H]1[C@H]2C(=O)N(CCCCCO)C(C(=O)N(CC=C)C(C)C)C23CC[C@]1(CC)O3. The smallest absolute Gasteiger partial charge is 0.312 e. The Labute approximate surface area is 209 Å². The quantitative estimate of drug-likeness (QED) is 0.229. The van der Waals surface area contributed by atoms with E-state index in [-0.39, 0.29) is 31.1 Å². The van der Waals surface area contributed by atoms with E-state index in [0.29, 0.717) is 51.6 Å². The Morgan fingerprint density at radius 1 is 1.26 bits per heavy atom. The van der Waals surface area contributed by atoms with Gasteiger partial charge in [-0.25, -0.2) is 0 Å². The van der Waals surface area contributed by atoms with Crippen molar-refractivity contribution in [1.29, 1.82) is 0 Å². The third kappa shape index (κ3) is 4.67. The zero-order valence-corrected chi connectivity index (χ0v) is 21.5. The Balaban J connectivity index is 2.02. The molecule has 1 spiro atoms. The molecule has 2 amide bonds. The predicted octanol–water partition coefficient (Wildman–Crippen LogP) is 2.85. The fourth-order valence-corrected chi connectivity index (χ4v) is 6.35. The van der Waals surface area contributed by atoms with Crippen molar-refractivity contribution in [1.82, 2.24) is 9.80 Å². The summed E-state index contributed by atoms with van der Waals surface area (Å²) in [5, 5.41) is 9.17. The summed E-state index contributed by atoms with van der Waals surface area (Å²) in [7, 11) is 0. The van der Waals surface area contributed by atoms with Gasteiger partial charge in [-0.15, -0.1) is 13.2 Å². The van der Waals surface area contributed by atoms with Crippen LogP contribution in [0.15, 0.2) is 25.3 Å². The van der Waals surface area contributed by atoms with Gasteiger partial charge in [-0.2, -0.15) is 0 Å². The first-order valence-corrected chi connectivity index (χ1v) is 13.0. The Bertz CT molecular complexity index is 828. The lowest BCUT2D eigenvalue weighted by Crippen LogP contribution is -2.57. The van der Waals surface area contributed by atoms with Crippen LogP contribution in [0.1, 0.15) is 65.7 Å². The van der Waals surface area contributed by atoms with Crippen molar-refractivity contribution >= 4 is 17.8 Å². The van der Waals surface area contributed by atoms with Crippen LogP contribution in [0.4, 0.5) is 0 Å². The van der Waals surface area contributed by atoms with Gasteiger partial charge < -0.3 is 24.4 Å². The maximum Gasteiger partial charge on any atom is 0.312 e. The maximum atomic E-state index is 14.1. The van der Waals surface area contributed by atoms with Crippen LogP contribution in [-0.2, 0) is 23.9 Å². The number of amides is 2. The lowest BCUT2D eigenvalue weighted by Gasteiger charge is -2.38. The molecule has 8 heteroatoms. The van der Waals surface area contributed by atoms with E-state index >= 15 is 0 Å². The number of esters is 1. The van der Waals surface area contributed by atoms with Crippen molar-refractivity contribution in [2.45, 2.75) is 89.0 Å². The van der Waals surface area contributed by atoms with E-state index in [4.69, 9.17) is 9.47 Å². The molecule has 3 heterocycles. The van der Waals surface area contributed by atoms with E-state index in [1.54, 1.807) is 22.0 Å². The van der Waals surface area contributed by atoms with Crippen molar-refractivity contribution in [3.8, 4) is 0 Å². The number of nitrogens with zero attached hydrogens (tertiary/aromatic N) is 2. The largest absolute Gasteiger partial charge is 0.465 e. The molecular weight excluding hydrogens is 448 g/mol. The molecule has 3 saturated heterocycles. The van der Waals surface area contributed by atoms with Crippen molar-refractivity contribution < 1.29 is 29.0 Å². The molecule has 196 valence electrons. The number of likely N-dealkylation sites (tertiary alicyclic amines) is 1. The van der Waals surface area contributed by atoms with Gasteiger partial charge in [-0.3, -0.25) is 14.4 Å². The maximum absolute atomic E-state index is 14.1. The van der Waals surface area contributed by atoms with Crippen molar-refractivity contribution in [3.05, 3.63) is 25.3 Å². The van der Waals surface area contributed by atoms with Crippen LogP contribution in [0.3, 0.4) is 0 Å². The van der Waals surface area contributed by atoms with Crippen LogP contribution in [0, 0.1) is 11.8 Å². The third-order valence-corrected chi connectivity index (χ3v) is 8.02. The molecule has 5 atom stereocenters. The van der Waals surface area contributed by atoms with Gasteiger partial charge in [0, 0.05) is 25.7 Å². The minimum Gasteiger partial charge on any atom is -0.465 e. The number of rotatable bonds is 14. The highest BCUT2D eigenvalue weighted by Crippen LogP contribution is 2.64. The van der Waals surface area contributed by atoms with E-state index in [9.17, 15) is 19.5 Å². The Morgan fingerprint density at radius 3 is 2.60 bits per heavy atom. The van der Waals surface area contributed by atoms with Crippen molar-refractivity contribution in [2.75, 3.05) is 26.3 Å². The molecule has 8 nitrogen and oxygen atoms in total. The van der Waals surface area contributed by atoms with E-state index in [2.05, 4.69) is 13.2 Å². The molecule has 0 aliphatic carbocycles. The first-order chi connectivity index (χ1) is 16.7. The summed E-state index contributed by atoms with van der Waals surface area (Å²) >= 11 is 0. The Morgan fingerprint density at radius 2 is 2.00 bits per heavy atom. The summed E-state index contributed by atoms with van der Waals surface area (Å²) in [5.41, 5.74) is -1.84. The number of aliphatic hydroxyl groups is 1. The van der Waals surface area contributed by atoms with Gasteiger partial charge in [-0.05, 0) is 58.8 Å². The molecule has 1 N–H and O–H groups in total. The van der Waals surface area contributed by atoms with Gasteiger partial charge in [0.2, 0.25) is 11.8 Å². The fourth-order valence-electron chi connectivity index (χ4n) is 6.35. The number of ether oxygens (including phenoxy) is 2. The highest BCUT2D eigenvalue weighted by Gasteiger charge is 2.79. The van der Waals surface area contributed by atoms with Gasteiger partial charge in [0.25, 0.3) is 0 Å². The standard InChI is InChI=1S/C27H42N2O6/c1-6-9-18-34-25(33)21-20-23(31)29(16-11-10-12-17-30)22(24(32)28(15-7-2)19(4)5)27(20)14-13-26(21,8-3)35-27/h6-7,19-22,30H,1-2,8-18H2,3-5H3/t20-,21+,22?,26-,27?/m0/s1. The zero-order valence-electron chi connectivity index (χ0n) is 21.5. The number of carbonyl (C=O) groups excluding carboxylic acids is 3. The molecule has 0 saturated carbocycles. The summed E-state index contributed by atoms with van der Waals surface area (Å²) in [6, 6.07) is -0.878. The number of fused-ring (bicyclic) bond motifs is 1. The number of hydrogen-bond donors (Lipinski definition) is 1. The summed E-state index contributed by atoms with van der Waals surface area (Å²) in [5.74, 6) is -2.25. The summed E-state index contributed by atoms with van der Waals surface area (Å²) in [4.78, 5) is 44.8. The Hall–Kier alpha value is -2.19. The van der Waals surface area contributed by atoms with Crippen LogP contribution in [0.2, 0.25) is 0 Å². The minimum atomic E-state index is -1.04. The monoisotopic (exact) mass is 490 g/mol. The van der Waals surface area contributed by atoms with Crippen LogP contribution < -0.4 is 0 Å². The van der Waals surface area contributed by atoms with E-state index in [1.807, 2.05) is 20.8 Å². The van der Waals surface area contributed by atoms with Gasteiger partial charge in [0.05, 0.1) is 18.1 Å². The fraction of sp³-hybridized carbons (Fsp3) is 0.741. The number of aliphatic hydroxyl groups excluding tert-OH is 1. The second-order valence-electron chi connectivity index (χ2n) is 10.3. The van der Waals surface area contributed by atoms with Gasteiger partial charge >= 0.3 is 5.97 Å². The molecule has 0 radical (unpaired) electrons. The van der Waals surface area contributed by atoms with E-state index in [1.165, 1.54) is 0 Å². The second kappa shape index (κ2) is 11.2. The van der Waals surface area contributed by atoms with Crippen LogP contribution in [-0.4, -0.2) is 82.3 Å². The average Bonchev–Trinajstić information content (AvgIpc) is 3.43. The van der Waals surface area contributed by atoms with Crippen LogP contribution in [0.25, 0.3) is 0 Å². The molecular formula is C27H42N2O6. The molecule has 3 aliphatic rings. The molecule has 3 fully saturated rings. The molecule has 0 aromatic rings. The first kappa shape index (κ1) is 27.4. The molecule has 2 bridgehead atoms.